The topological polar surface area (TPSA) is 17.1 Å². The Kier molecular flexibility index (Phi) is 4.92. The molecule has 0 aromatic rings. The summed E-state index contributed by atoms with van der Waals surface area (Å²) in [7, 11) is 0. The Labute approximate surface area is 87.6 Å². The first-order chi connectivity index (χ1) is 6.70. The number of ketones is 1. The summed E-state index contributed by atoms with van der Waals surface area (Å²) in [6.07, 6.45) is 11.6. The molecule has 0 aromatic heterocycles. The van der Waals surface area contributed by atoms with Gasteiger partial charge in [-0.1, -0.05) is 38.2 Å². The summed E-state index contributed by atoms with van der Waals surface area (Å²) >= 11 is 0. The maximum atomic E-state index is 11.1. The highest BCUT2D eigenvalue weighted by atomic mass is 16.1. The molecule has 1 rings (SSSR count). The van der Waals surface area contributed by atoms with Crippen molar-refractivity contribution in [3.05, 3.63) is 11.6 Å². The monoisotopic (exact) mass is 194 g/mol. The van der Waals surface area contributed by atoms with Gasteiger partial charge < -0.3 is 0 Å². The largest absolute Gasteiger partial charge is 0.295 e. The highest BCUT2D eigenvalue weighted by Crippen LogP contribution is 2.24. The van der Waals surface area contributed by atoms with Gasteiger partial charge in [0, 0.05) is 0 Å². The predicted octanol–water partition coefficient (Wildman–Crippen LogP) is 3.88. The number of allylic oxidation sites excluding steroid dienone is 2. The second-order valence-corrected chi connectivity index (χ2v) is 4.51. The number of Topliss-reactive ketones (excluding diaryl/α,β-unsaturated/α-hetero) is 1. The van der Waals surface area contributed by atoms with Crippen molar-refractivity contribution in [3.63, 3.8) is 0 Å². The minimum atomic E-state index is 0.229. The quantitative estimate of drug-likeness (QED) is 0.610. The van der Waals surface area contributed by atoms with E-state index in [4.69, 9.17) is 0 Å². The second-order valence-electron chi connectivity index (χ2n) is 4.51. The van der Waals surface area contributed by atoms with Gasteiger partial charge in [-0.05, 0) is 38.2 Å². The summed E-state index contributed by atoms with van der Waals surface area (Å²) in [5.74, 6) is 0.895. The Hall–Kier alpha value is -0.590. The number of rotatable bonds is 2. The van der Waals surface area contributed by atoms with E-state index in [1.54, 1.807) is 6.92 Å². The maximum Gasteiger partial charge on any atom is 0.155 e. The normalized spacial score (nSPS) is 21.4. The third kappa shape index (κ3) is 4.08. The van der Waals surface area contributed by atoms with Crippen LogP contribution in [0.4, 0.5) is 0 Å². The minimum absolute atomic E-state index is 0.229. The third-order valence-electron chi connectivity index (χ3n) is 3.19. The fourth-order valence-electron chi connectivity index (χ4n) is 2.13. The molecule has 1 heteroatoms. The molecular formula is C13H22O. The molecule has 14 heavy (non-hydrogen) atoms. The van der Waals surface area contributed by atoms with Gasteiger partial charge in [0.2, 0.25) is 0 Å². The first-order valence-electron chi connectivity index (χ1n) is 5.89. The summed E-state index contributed by atoms with van der Waals surface area (Å²) in [4.78, 5) is 11.1. The van der Waals surface area contributed by atoms with Crippen molar-refractivity contribution in [2.75, 3.05) is 0 Å². The maximum absolute atomic E-state index is 11.1. The van der Waals surface area contributed by atoms with Crippen LogP contribution in [-0.4, -0.2) is 5.78 Å². The summed E-state index contributed by atoms with van der Waals surface area (Å²) in [6, 6.07) is 0. The van der Waals surface area contributed by atoms with Gasteiger partial charge in [0.15, 0.2) is 5.78 Å². The van der Waals surface area contributed by atoms with E-state index in [1.807, 2.05) is 6.92 Å². The van der Waals surface area contributed by atoms with Gasteiger partial charge >= 0.3 is 0 Å². The van der Waals surface area contributed by atoms with Gasteiger partial charge in [0.05, 0.1) is 0 Å². The van der Waals surface area contributed by atoms with Crippen molar-refractivity contribution in [1.29, 1.82) is 0 Å². The van der Waals surface area contributed by atoms with Crippen LogP contribution in [0.5, 0.6) is 0 Å². The SMILES string of the molecule is CC(=O)/C(C)=C/C1CCCCCCC1. The van der Waals surface area contributed by atoms with Gasteiger partial charge in [0.25, 0.3) is 0 Å². The lowest BCUT2D eigenvalue weighted by atomic mass is 9.89. The van der Waals surface area contributed by atoms with E-state index in [-0.39, 0.29) is 5.78 Å². The number of hydrogen-bond donors (Lipinski definition) is 0. The zero-order valence-corrected chi connectivity index (χ0v) is 9.51. The first kappa shape index (κ1) is 11.5. The van der Waals surface area contributed by atoms with Crippen molar-refractivity contribution in [2.24, 2.45) is 5.92 Å². The van der Waals surface area contributed by atoms with Crippen LogP contribution in [0.1, 0.15) is 58.8 Å². The molecule has 0 radical (unpaired) electrons. The van der Waals surface area contributed by atoms with Crippen LogP contribution < -0.4 is 0 Å². The Bertz CT molecular complexity index is 207. The summed E-state index contributed by atoms with van der Waals surface area (Å²) < 4.78 is 0. The summed E-state index contributed by atoms with van der Waals surface area (Å²) in [6.45, 7) is 3.61. The van der Waals surface area contributed by atoms with E-state index in [0.717, 1.165) is 5.57 Å². The molecule has 1 saturated carbocycles. The Morgan fingerprint density at radius 3 is 2.00 bits per heavy atom. The number of carbonyl (C=O) groups excluding carboxylic acids is 1. The van der Waals surface area contributed by atoms with Crippen molar-refractivity contribution in [3.8, 4) is 0 Å². The van der Waals surface area contributed by atoms with Gasteiger partial charge in [-0.3, -0.25) is 4.79 Å². The lowest BCUT2D eigenvalue weighted by Gasteiger charge is -2.16. The summed E-state index contributed by atoms with van der Waals surface area (Å²) in [5, 5.41) is 0. The van der Waals surface area contributed by atoms with Crippen LogP contribution >= 0.6 is 0 Å². The van der Waals surface area contributed by atoms with Crippen LogP contribution in [0.2, 0.25) is 0 Å². The highest BCUT2D eigenvalue weighted by Gasteiger charge is 2.09. The van der Waals surface area contributed by atoms with E-state index in [9.17, 15) is 4.79 Å². The highest BCUT2D eigenvalue weighted by molar-refractivity contribution is 5.92. The molecule has 0 N–H and O–H groups in total. The molecule has 0 spiro atoms. The lowest BCUT2D eigenvalue weighted by molar-refractivity contribution is -0.113. The molecule has 0 atom stereocenters. The smallest absolute Gasteiger partial charge is 0.155 e. The molecule has 0 aliphatic heterocycles. The van der Waals surface area contributed by atoms with Crippen LogP contribution in [0.15, 0.2) is 11.6 Å². The number of carbonyl (C=O) groups is 1. The molecule has 0 aromatic carbocycles. The molecule has 0 bridgehead atoms. The zero-order valence-electron chi connectivity index (χ0n) is 9.51. The molecule has 0 unspecified atom stereocenters. The Morgan fingerprint density at radius 1 is 1.00 bits per heavy atom. The van der Waals surface area contributed by atoms with E-state index >= 15 is 0 Å². The van der Waals surface area contributed by atoms with Crippen molar-refractivity contribution in [2.45, 2.75) is 58.8 Å². The minimum Gasteiger partial charge on any atom is -0.295 e. The van der Waals surface area contributed by atoms with Crippen molar-refractivity contribution in [1.82, 2.24) is 0 Å². The Balaban J connectivity index is 2.48. The van der Waals surface area contributed by atoms with Gasteiger partial charge in [-0.15, -0.1) is 0 Å². The van der Waals surface area contributed by atoms with Crippen LogP contribution in [-0.2, 0) is 4.79 Å². The van der Waals surface area contributed by atoms with Crippen molar-refractivity contribution >= 4 is 5.78 Å². The van der Waals surface area contributed by atoms with Crippen LogP contribution in [0.3, 0.4) is 0 Å². The van der Waals surface area contributed by atoms with E-state index < -0.39 is 0 Å². The standard InChI is InChI=1S/C13H22O/c1-11(12(2)14)10-13-8-6-4-3-5-7-9-13/h10,13H,3-9H2,1-2H3/b11-10+. The second kappa shape index (κ2) is 6.00. The molecule has 1 aliphatic rings. The van der Waals surface area contributed by atoms with Gasteiger partial charge in [0.1, 0.15) is 0 Å². The zero-order chi connectivity index (χ0) is 10.4. The first-order valence-corrected chi connectivity index (χ1v) is 5.89. The van der Waals surface area contributed by atoms with Crippen LogP contribution in [0.25, 0.3) is 0 Å². The average molecular weight is 194 g/mol. The average Bonchev–Trinajstić information content (AvgIpc) is 2.08. The molecule has 1 aliphatic carbocycles. The molecule has 0 saturated heterocycles. The predicted molar refractivity (Wildman–Crippen MR) is 60.2 cm³/mol. The molecule has 0 heterocycles. The summed E-state index contributed by atoms with van der Waals surface area (Å²) in [5.41, 5.74) is 0.954. The van der Waals surface area contributed by atoms with E-state index in [0.29, 0.717) is 5.92 Å². The molecule has 1 nitrogen and oxygen atoms in total. The third-order valence-corrected chi connectivity index (χ3v) is 3.19. The molecule has 80 valence electrons. The fourth-order valence-corrected chi connectivity index (χ4v) is 2.13. The van der Waals surface area contributed by atoms with E-state index in [2.05, 4.69) is 6.08 Å². The van der Waals surface area contributed by atoms with Crippen LogP contribution in [0, 0.1) is 5.92 Å². The van der Waals surface area contributed by atoms with Gasteiger partial charge in [-0.25, -0.2) is 0 Å². The molecule has 0 amide bonds. The van der Waals surface area contributed by atoms with E-state index in [1.165, 1.54) is 44.9 Å². The Morgan fingerprint density at radius 2 is 1.50 bits per heavy atom. The van der Waals surface area contributed by atoms with Crippen molar-refractivity contribution < 1.29 is 4.79 Å². The lowest BCUT2D eigenvalue weighted by Crippen LogP contribution is -2.03. The molecule has 1 fully saturated rings. The molecular weight excluding hydrogens is 172 g/mol. The number of hydrogen-bond acceptors (Lipinski definition) is 1. The van der Waals surface area contributed by atoms with Gasteiger partial charge in [-0.2, -0.15) is 0 Å². The fraction of sp³-hybridized carbons (Fsp3) is 0.769.